The number of carbonyl (C=O) groups is 1. The number of ether oxygens (including phenoxy) is 1. The Bertz CT molecular complexity index is 709. The molecule has 3 rings (SSSR count). The molecular weight excluding hydrogens is 281 g/mol. The highest BCUT2D eigenvalue weighted by molar-refractivity contribution is 5.77. The van der Waals surface area contributed by atoms with Crippen molar-refractivity contribution in [3.63, 3.8) is 0 Å². The lowest BCUT2D eigenvalue weighted by atomic mass is 10.0. The van der Waals surface area contributed by atoms with Crippen molar-refractivity contribution in [2.75, 3.05) is 0 Å². The van der Waals surface area contributed by atoms with Gasteiger partial charge in [0.1, 0.15) is 11.6 Å². The van der Waals surface area contributed by atoms with Gasteiger partial charge in [-0.05, 0) is 42.7 Å². The third-order valence-electron chi connectivity index (χ3n) is 3.30. The van der Waals surface area contributed by atoms with Gasteiger partial charge < -0.3 is 4.74 Å². The molecule has 1 aliphatic carbocycles. The first kappa shape index (κ1) is 13.7. The van der Waals surface area contributed by atoms with Gasteiger partial charge in [-0.15, -0.1) is 0 Å². The molecule has 0 bridgehead atoms. The van der Waals surface area contributed by atoms with E-state index in [2.05, 4.69) is 0 Å². The molecule has 2 aromatic carbocycles. The molecule has 0 atom stereocenters. The molecule has 0 heterocycles. The predicted octanol–water partition coefficient (Wildman–Crippen LogP) is 4.09. The van der Waals surface area contributed by atoms with Gasteiger partial charge in [0.15, 0.2) is 11.6 Å². The van der Waals surface area contributed by atoms with Crippen LogP contribution in [0.3, 0.4) is 0 Å². The Kier molecular flexibility index (Phi) is 3.41. The summed E-state index contributed by atoms with van der Waals surface area (Å²) in [5, 5.41) is 0. The minimum Gasteiger partial charge on any atom is -0.426 e. The van der Waals surface area contributed by atoms with Crippen LogP contribution in [-0.2, 0) is 4.79 Å². The van der Waals surface area contributed by atoms with Crippen molar-refractivity contribution in [1.29, 1.82) is 0 Å². The van der Waals surface area contributed by atoms with E-state index < -0.39 is 17.5 Å². The summed E-state index contributed by atoms with van der Waals surface area (Å²) in [4.78, 5) is 11.5. The van der Waals surface area contributed by atoms with Gasteiger partial charge >= 0.3 is 5.97 Å². The fourth-order valence-corrected chi connectivity index (χ4v) is 1.98. The average Bonchev–Trinajstić information content (AvgIpc) is 3.27. The lowest BCUT2D eigenvalue weighted by molar-refractivity contribution is -0.135. The van der Waals surface area contributed by atoms with Crippen molar-refractivity contribution in [3.8, 4) is 16.9 Å². The molecule has 2 nitrogen and oxygen atoms in total. The number of hydrogen-bond donors (Lipinski definition) is 0. The SMILES string of the molecule is O=C(Oc1ccc(-c2ccc(F)c(F)c2)c(F)c1)C1CC1. The zero-order valence-corrected chi connectivity index (χ0v) is 10.9. The number of esters is 1. The molecule has 0 saturated heterocycles. The smallest absolute Gasteiger partial charge is 0.314 e. The molecule has 1 saturated carbocycles. The van der Waals surface area contributed by atoms with Gasteiger partial charge in [-0.25, -0.2) is 13.2 Å². The Morgan fingerprint density at radius 2 is 1.71 bits per heavy atom. The van der Waals surface area contributed by atoms with E-state index in [0.29, 0.717) is 0 Å². The molecule has 0 spiro atoms. The standard InChI is InChI=1S/C16H11F3O2/c17-13-6-3-10(7-15(13)19)12-5-4-11(8-14(12)18)21-16(20)9-1-2-9/h3-9H,1-2H2. The highest BCUT2D eigenvalue weighted by atomic mass is 19.2. The van der Waals surface area contributed by atoms with Gasteiger partial charge in [0.2, 0.25) is 0 Å². The average molecular weight is 292 g/mol. The van der Waals surface area contributed by atoms with Crippen molar-refractivity contribution in [2.45, 2.75) is 12.8 Å². The van der Waals surface area contributed by atoms with Gasteiger partial charge in [-0.3, -0.25) is 4.79 Å². The fourth-order valence-electron chi connectivity index (χ4n) is 1.98. The molecule has 0 aliphatic heterocycles. The van der Waals surface area contributed by atoms with E-state index in [1.54, 1.807) is 0 Å². The van der Waals surface area contributed by atoms with Crippen LogP contribution in [-0.4, -0.2) is 5.97 Å². The van der Waals surface area contributed by atoms with Gasteiger partial charge in [0.25, 0.3) is 0 Å². The first-order valence-corrected chi connectivity index (χ1v) is 6.51. The monoisotopic (exact) mass is 292 g/mol. The van der Waals surface area contributed by atoms with E-state index in [9.17, 15) is 18.0 Å². The second kappa shape index (κ2) is 5.24. The first-order chi connectivity index (χ1) is 10.0. The first-order valence-electron chi connectivity index (χ1n) is 6.51. The van der Waals surface area contributed by atoms with Gasteiger partial charge in [0, 0.05) is 11.6 Å². The fraction of sp³-hybridized carbons (Fsp3) is 0.188. The number of benzene rings is 2. The van der Waals surface area contributed by atoms with Crippen molar-refractivity contribution in [2.24, 2.45) is 5.92 Å². The molecule has 0 aromatic heterocycles. The minimum absolute atomic E-state index is 0.0843. The number of hydrogen-bond acceptors (Lipinski definition) is 2. The molecule has 0 unspecified atom stereocenters. The summed E-state index contributed by atoms with van der Waals surface area (Å²) in [6, 6.07) is 7.01. The van der Waals surface area contributed by atoms with Crippen molar-refractivity contribution < 1.29 is 22.7 Å². The summed E-state index contributed by atoms with van der Waals surface area (Å²) in [7, 11) is 0. The lowest BCUT2D eigenvalue weighted by Crippen LogP contribution is -2.09. The zero-order valence-electron chi connectivity index (χ0n) is 10.9. The maximum absolute atomic E-state index is 14.0. The predicted molar refractivity (Wildman–Crippen MR) is 70.1 cm³/mol. The third kappa shape index (κ3) is 2.91. The molecule has 0 radical (unpaired) electrons. The molecule has 21 heavy (non-hydrogen) atoms. The van der Waals surface area contributed by atoms with Crippen LogP contribution in [0.15, 0.2) is 36.4 Å². The van der Waals surface area contributed by atoms with Crippen LogP contribution >= 0.6 is 0 Å². The second-order valence-corrected chi connectivity index (χ2v) is 4.97. The topological polar surface area (TPSA) is 26.3 Å². The van der Waals surface area contributed by atoms with Gasteiger partial charge in [-0.2, -0.15) is 0 Å². The molecule has 5 heteroatoms. The molecule has 1 aliphatic rings. The summed E-state index contributed by atoms with van der Waals surface area (Å²) in [5.74, 6) is -3.04. The largest absolute Gasteiger partial charge is 0.426 e. The van der Waals surface area contributed by atoms with Crippen LogP contribution in [0.1, 0.15) is 12.8 Å². The molecule has 108 valence electrons. The lowest BCUT2D eigenvalue weighted by Gasteiger charge is -2.07. The number of carbonyl (C=O) groups excluding carboxylic acids is 1. The van der Waals surface area contributed by atoms with E-state index >= 15 is 0 Å². The van der Waals surface area contributed by atoms with Crippen molar-refractivity contribution in [1.82, 2.24) is 0 Å². The van der Waals surface area contributed by atoms with Crippen LogP contribution < -0.4 is 4.74 Å². The maximum atomic E-state index is 14.0. The molecule has 2 aromatic rings. The highest BCUT2D eigenvalue weighted by Crippen LogP contribution is 2.32. The van der Waals surface area contributed by atoms with Crippen LogP contribution in [0.2, 0.25) is 0 Å². The quantitative estimate of drug-likeness (QED) is 0.629. The van der Waals surface area contributed by atoms with E-state index in [1.165, 1.54) is 18.2 Å². The number of halogens is 3. The van der Waals surface area contributed by atoms with Crippen molar-refractivity contribution >= 4 is 5.97 Å². The van der Waals surface area contributed by atoms with E-state index in [0.717, 1.165) is 31.0 Å². The Hall–Kier alpha value is -2.30. The highest BCUT2D eigenvalue weighted by Gasteiger charge is 2.31. The summed E-state index contributed by atoms with van der Waals surface area (Å²) < 4.78 is 45.1. The summed E-state index contributed by atoms with van der Waals surface area (Å²) in [6.45, 7) is 0. The zero-order chi connectivity index (χ0) is 15.0. The molecule has 0 amide bonds. The van der Waals surface area contributed by atoms with Crippen molar-refractivity contribution in [3.05, 3.63) is 53.8 Å². The van der Waals surface area contributed by atoms with Crippen LogP contribution in [0.4, 0.5) is 13.2 Å². The van der Waals surface area contributed by atoms with Gasteiger partial charge in [0.05, 0.1) is 5.92 Å². The van der Waals surface area contributed by atoms with Gasteiger partial charge in [-0.1, -0.05) is 6.07 Å². The molecular formula is C16H11F3O2. The van der Waals surface area contributed by atoms with E-state index in [1.807, 2.05) is 0 Å². The van der Waals surface area contributed by atoms with Crippen LogP contribution in [0.5, 0.6) is 5.75 Å². The minimum atomic E-state index is -1.05. The number of rotatable bonds is 3. The van der Waals surface area contributed by atoms with E-state index in [-0.39, 0.29) is 28.8 Å². The van der Waals surface area contributed by atoms with Crippen LogP contribution in [0.25, 0.3) is 11.1 Å². The maximum Gasteiger partial charge on any atom is 0.314 e. The summed E-state index contributed by atoms with van der Waals surface area (Å²) >= 11 is 0. The summed E-state index contributed by atoms with van der Waals surface area (Å²) in [6.07, 6.45) is 1.60. The Labute approximate surface area is 119 Å². The normalized spacial score (nSPS) is 14.0. The molecule has 1 fully saturated rings. The second-order valence-electron chi connectivity index (χ2n) is 4.97. The van der Waals surface area contributed by atoms with Crippen LogP contribution in [0, 0.1) is 23.4 Å². The summed E-state index contributed by atoms with van der Waals surface area (Å²) in [5.41, 5.74) is 0.326. The Morgan fingerprint density at radius 1 is 0.952 bits per heavy atom. The van der Waals surface area contributed by atoms with E-state index in [4.69, 9.17) is 4.74 Å². The molecule has 0 N–H and O–H groups in total. The Balaban J connectivity index is 1.86. The Morgan fingerprint density at radius 3 is 2.33 bits per heavy atom. The third-order valence-corrected chi connectivity index (χ3v) is 3.30.